The highest BCUT2D eigenvalue weighted by atomic mass is 16.5. The lowest BCUT2D eigenvalue weighted by atomic mass is 9.86. The molecular formula is C16H32N2O. The van der Waals surface area contributed by atoms with Crippen LogP contribution in [0, 0.1) is 0 Å². The largest absolute Gasteiger partial charge is 0.378 e. The monoisotopic (exact) mass is 268 g/mol. The zero-order valence-electron chi connectivity index (χ0n) is 13.1. The van der Waals surface area contributed by atoms with Gasteiger partial charge in [-0.05, 0) is 38.5 Å². The fourth-order valence-corrected chi connectivity index (χ4v) is 3.69. The van der Waals surface area contributed by atoms with Crippen molar-refractivity contribution in [2.24, 2.45) is 0 Å². The van der Waals surface area contributed by atoms with Gasteiger partial charge in [-0.25, -0.2) is 0 Å². The molecule has 3 heteroatoms. The van der Waals surface area contributed by atoms with Gasteiger partial charge in [0.05, 0.1) is 6.10 Å². The number of hydrogen-bond acceptors (Lipinski definition) is 3. The summed E-state index contributed by atoms with van der Waals surface area (Å²) in [6, 6.07) is 0.677. The van der Waals surface area contributed by atoms with Gasteiger partial charge in [-0.1, -0.05) is 20.8 Å². The van der Waals surface area contributed by atoms with Gasteiger partial charge in [0.15, 0.2) is 0 Å². The van der Waals surface area contributed by atoms with E-state index in [4.69, 9.17) is 4.74 Å². The van der Waals surface area contributed by atoms with Crippen molar-refractivity contribution in [3.05, 3.63) is 0 Å². The average molecular weight is 268 g/mol. The molecule has 0 aromatic rings. The molecule has 3 nitrogen and oxygen atoms in total. The first kappa shape index (κ1) is 15.3. The molecule has 1 N–H and O–H groups in total. The van der Waals surface area contributed by atoms with Crippen LogP contribution in [-0.4, -0.2) is 48.8 Å². The van der Waals surface area contributed by atoms with Gasteiger partial charge in [-0.15, -0.1) is 0 Å². The minimum absolute atomic E-state index is 0.379. The molecule has 19 heavy (non-hydrogen) atoms. The Balaban J connectivity index is 1.93. The molecule has 2 unspecified atom stereocenters. The normalized spacial score (nSPS) is 31.7. The molecule has 2 fully saturated rings. The SMILES string of the molecule is CCC1CN(CCC2CCCO2)C(CC)(CC)CN1. The van der Waals surface area contributed by atoms with E-state index in [-0.39, 0.29) is 0 Å². The lowest BCUT2D eigenvalue weighted by molar-refractivity contribution is 0.0137. The Morgan fingerprint density at radius 1 is 1.26 bits per heavy atom. The van der Waals surface area contributed by atoms with E-state index in [2.05, 4.69) is 31.0 Å². The van der Waals surface area contributed by atoms with Crippen molar-refractivity contribution in [2.45, 2.75) is 77.0 Å². The maximum absolute atomic E-state index is 5.79. The van der Waals surface area contributed by atoms with Crippen LogP contribution in [0.4, 0.5) is 0 Å². The third-order valence-corrected chi connectivity index (χ3v) is 5.39. The van der Waals surface area contributed by atoms with Crippen molar-refractivity contribution in [3.8, 4) is 0 Å². The van der Waals surface area contributed by atoms with Gasteiger partial charge in [-0.3, -0.25) is 4.90 Å². The van der Waals surface area contributed by atoms with E-state index in [1.807, 2.05) is 0 Å². The molecule has 0 spiro atoms. The molecule has 0 aromatic carbocycles. The van der Waals surface area contributed by atoms with Gasteiger partial charge in [-0.2, -0.15) is 0 Å². The van der Waals surface area contributed by atoms with Gasteiger partial charge in [0.1, 0.15) is 0 Å². The summed E-state index contributed by atoms with van der Waals surface area (Å²) in [7, 11) is 0. The Morgan fingerprint density at radius 3 is 2.63 bits per heavy atom. The summed E-state index contributed by atoms with van der Waals surface area (Å²) in [5.74, 6) is 0. The summed E-state index contributed by atoms with van der Waals surface area (Å²) < 4.78 is 5.79. The van der Waals surface area contributed by atoms with Crippen molar-refractivity contribution in [1.82, 2.24) is 10.2 Å². The molecule has 2 rings (SSSR count). The van der Waals surface area contributed by atoms with Crippen LogP contribution in [0.5, 0.6) is 0 Å². The van der Waals surface area contributed by atoms with E-state index >= 15 is 0 Å². The number of nitrogens with one attached hydrogen (secondary N) is 1. The van der Waals surface area contributed by atoms with Crippen LogP contribution in [-0.2, 0) is 4.74 Å². The average Bonchev–Trinajstić information content (AvgIpc) is 2.98. The van der Waals surface area contributed by atoms with E-state index in [0.29, 0.717) is 17.7 Å². The molecule has 0 aromatic heterocycles. The first-order valence-electron chi connectivity index (χ1n) is 8.34. The molecule has 0 aliphatic carbocycles. The molecule has 2 aliphatic heterocycles. The summed E-state index contributed by atoms with van der Waals surface area (Å²) in [6.45, 7) is 11.5. The quantitative estimate of drug-likeness (QED) is 0.801. The van der Waals surface area contributed by atoms with Crippen molar-refractivity contribution >= 4 is 0 Å². The zero-order valence-corrected chi connectivity index (χ0v) is 13.1. The van der Waals surface area contributed by atoms with E-state index in [0.717, 1.165) is 13.2 Å². The second-order valence-corrected chi connectivity index (χ2v) is 6.29. The number of hydrogen-bond donors (Lipinski definition) is 1. The van der Waals surface area contributed by atoms with Crippen molar-refractivity contribution < 1.29 is 4.74 Å². The van der Waals surface area contributed by atoms with Gasteiger partial charge in [0.2, 0.25) is 0 Å². The van der Waals surface area contributed by atoms with E-state index in [9.17, 15) is 0 Å². The van der Waals surface area contributed by atoms with Crippen LogP contribution in [0.2, 0.25) is 0 Å². The van der Waals surface area contributed by atoms with E-state index in [1.54, 1.807) is 0 Å². The van der Waals surface area contributed by atoms with Crippen LogP contribution in [0.15, 0.2) is 0 Å². The molecule has 0 saturated carbocycles. The van der Waals surface area contributed by atoms with Crippen LogP contribution in [0.3, 0.4) is 0 Å². The second kappa shape index (κ2) is 7.05. The van der Waals surface area contributed by atoms with Crippen molar-refractivity contribution in [2.75, 3.05) is 26.2 Å². The Bertz CT molecular complexity index is 259. The fourth-order valence-electron chi connectivity index (χ4n) is 3.69. The van der Waals surface area contributed by atoms with Crippen molar-refractivity contribution in [3.63, 3.8) is 0 Å². The molecule has 2 saturated heterocycles. The predicted molar refractivity (Wildman–Crippen MR) is 80.6 cm³/mol. The lowest BCUT2D eigenvalue weighted by Gasteiger charge is -2.50. The molecule has 112 valence electrons. The Kier molecular flexibility index (Phi) is 5.67. The summed E-state index contributed by atoms with van der Waals surface area (Å²) in [6.07, 6.45) is 8.02. The summed E-state index contributed by atoms with van der Waals surface area (Å²) in [4.78, 5) is 2.76. The molecule has 0 bridgehead atoms. The molecule has 2 heterocycles. The Labute approximate surface area is 119 Å². The third kappa shape index (κ3) is 3.50. The molecule has 2 atom stereocenters. The van der Waals surface area contributed by atoms with Gasteiger partial charge >= 0.3 is 0 Å². The Morgan fingerprint density at radius 2 is 2.05 bits per heavy atom. The van der Waals surface area contributed by atoms with Crippen molar-refractivity contribution in [1.29, 1.82) is 0 Å². The predicted octanol–water partition coefficient (Wildman–Crippen LogP) is 2.80. The number of nitrogens with zero attached hydrogens (tertiary/aromatic N) is 1. The number of ether oxygens (including phenoxy) is 1. The summed E-state index contributed by atoms with van der Waals surface area (Å²) >= 11 is 0. The topological polar surface area (TPSA) is 24.5 Å². The lowest BCUT2D eigenvalue weighted by Crippen LogP contribution is -2.64. The van der Waals surface area contributed by atoms with E-state index < -0.39 is 0 Å². The maximum Gasteiger partial charge on any atom is 0.0588 e. The van der Waals surface area contributed by atoms with E-state index in [1.165, 1.54) is 51.6 Å². The highest BCUT2D eigenvalue weighted by molar-refractivity contribution is 4.97. The second-order valence-electron chi connectivity index (χ2n) is 6.29. The number of rotatable bonds is 6. The Hall–Kier alpha value is -0.120. The molecule has 2 aliphatic rings. The van der Waals surface area contributed by atoms with Gasteiger partial charge in [0.25, 0.3) is 0 Å². The molecule has 0 amide bonds. The third-order valence-electron chi connectivity index (χ3n) is 5.39. The highest BCUT2D eigenvalue weighted by Crippen LogP contribution is 2.28. The van der Waals surface area contributed by atoms with Crippen LogP contribution >= 0.6 is 0 Å². The summed E-state index contributed by atoms with van der Waals surface area (Å²) in [5, 5.41) is 3.75. The maximum atomic E-state index is 5.79. The summed E-state index contributed by atoms with van der Waals surface area (Å²) in [5.41, 5.74) is 0.379. The smallest absolute Gasteiger partial charge is 0.0588 e. The highest BCUT2D eigenvalue weighted by Gasteiger charge is 2.38. The van der Waals surface area contributed by atoms with Crippen LogP contribution in [0.25, 0.3) is 0 Å². The number of piperazine rings is 1. The minimum Gasteiger partial charge on any atom is -0.378 e. The first-order valence-corrected chi connectivity index (χ1v) is 8.34. The van der Waals surface area contributed by atoms with Gasteiger partial charge in [0, 0.05) is 37.8 Å². The zero-order chi connectivity index (χ0) is 13.7. The molecule has 0 radical (unpaired) electrons. The standard InChI is InChI=1S/C16H32N2O/c1-4-14-12-18(10-9-15-8-7-11-19-15)16(5-2,6-3)13-17-14/h14-15,17H,4-13H2,1-3H3. The van der Waals surface area contributed by atoms with Crippen LogP contribution < -0.4 is 5.32 Å². The minimum atomic E-state index is 0.379. The first-order chi connectivity index (χ1) is 9.24. The van der Waals surface area contributed by atoms with Crippen LogP contribution in [0.1, 0.15) is 59.3 Å². The molecular weight excluding hydrogens is 236 g/mol. The van der Waals surface area contributed by atoms with Gasteiger partial charge < -0.3 is 10.1 Å². The fraction of sp³-hybridized carbons (Fsp3) is 1.00.